The third-order valence-electron chi connectivity index (χ3n) is 7.24. The number of carbonyl (C=O) groups is 2. The number of carbonyl (C=O) groups excluding carboxylic acids is 2. The van der Waals surface area contributed by atoms with Crippen molar-refractivity contribution in [2.75, 3.05) is 13.2 Å². The number of benzene rings is 3. The first kappa shape index (κ1) is 31.6. The fourth-order valence-electron chi connectivity index (χ4n) is 4.82. The van der Waals surface area contributed by atoms with Crippen molar-refractivity contribution in [1.82, 2.24) is 4.90 Å². The Morgan fingerprint density at radius 1 is 0.907 bits per heavy atom. The third-order valence-corrected chi connectivity index (χ3v) is 7.24. The van der Waals surface area contributed by atoms with E-state index in [2.05, 4.69) is 0 Å². The van der Waals surface area contributed by atoms with Crippen molar-refractivity contribution in [3.63, 3.8) is 0 Å². The standard InChI is InChI=1S/C31H28F6N2O4/c1-20(23-14-25(30(32,33)34)16-26(15-23)31(35,36)37)43-19-29(24-10-6-3-7-11-24)13-12-22(27(38)40)17-39(29)28(41)42-18-21-8-4-2-5-9-21/h2-12,14-16,20H,13,17-19H2,1H3,(H2,38,40)/t20-,29-/m1/s1. The maximum atomic E-state index is 13.6. The lowest BCUT2D eigenvalue weighted by Crippen LogP contribution is -2.55. The number of nitrogens with zero attached hydrogens (tertiary/aromatic N) is 1. The van der Waals surface area contributed by atoms with Crippen LogP contribution in [0.15, 0.2) is 90.5 Å². The quantitative estimate of drug-likeness (QED) is 0.276. The number of amides is 2. The Balaban J connectivity index is 1.71. The van der Waals surface area contributed by atoms with E-state index in [4.69, 9.17) is 15.2 Å². The highest BCUT2D eigenvalue weighted by atomic mass is 19.4. The largest absolute Gasteiger partial charge is 0.445 e. The molecule has 0 aliphatic carbocycles. The van der Waals surface area contributed by atoms with Gasteiger partial charge in [0.25, 0.3) is 0 Å². The predicted octanol–water partition coefficient (Wildman–Crippen LogP) is 7.15. The lowest BCUT2D eigenvalue weighted by Gasteiger charge is -2.46. The van der Waals surface area contributed by atoms with E-state index in [0.717, 1.165) is 0 Å². The molecule has 43 heavy (non-hydrogen) atoms. The maximum absolute atomic E-state index is 13.6. The van der Waals surface area contributed by atoms with Crippen LogP contribution in [0.25, 0.3) is 0 Å². The number of halogens is 6. The molecule has 2 atom stereocenters. The molecule has 0 aromatic heterocycles. The van der Waals surface area contributed by atoms with Gasteiger partial charge in [-0.1, -0.05) is 66.7 Å². The van der Waals surface area contributed by atoms with Gasteiger partial charge in [0.1, 0.15) is 6.61 Å². The van der Waals surface area contributed by atoms with Crippen LogP contribution in [0.3, 0.4) is 0 Å². The second-order valence-electron chi connectivity index (χ2n) is 10.1. The van der Waals surface area contributed by atoms with Gasteiger partial charge in [-0.3, -0.25) is 9.69 Å². The second kappa shape index (κ2) is 12.5. The van der Waals surface area contributed by atoms with Gasteiger partial charge in [0, 0.05) is 5.57 Å². The highest BCUT2D eigenvalue weighted by Crippen LogP contribution is 2.41. The lowest BCUT2D eigenvalue weighted by atomic mass is 9.81. The first-order valence-corrected chi connectivity index (χ1v) is 13.1. The average Bonchev–Trinajstić information content (AvgIpc) is 2.98. The lowest BCUT2D eigenvalue weighted by molar-refractivity contribution is -0.143. The Bertz CT molecular complexity index is 1440. The van der Waals surface area contributed by atoms with Gasteiger partial charge in [0.2, 0.25) is 5.91 Å². The molecule has 0 fully saturated rings. The van der Waals surface area contributed by atoms with Crippen LogP contribution in [0.5, 0.6) is 0 Å². The van der Waals surface area contributed by atoms with Gasteiger partial charge >= 0.3 is 18.4 Å². The number of nitrogens with two attached hydrogens (primary N) is 1. The molecule has 3 aromatic rings. The zero-order chi connectivity index (χ0) is 31.4. The number of alkyl halides is 6. The smallest absolute Gasteiger partial charge is 0.416 e. The summed E-state index contributed by atoms with van der Waals surface area (Å²) in [5.41, 5.74) is 2.24. The van der Waals surface area contributed by atoms with Crippen molar-refractivity contribution in [3.8, 4) is 0 Å². The summed E-state index contributed by atoms with van der Waals surface area (Å²) in [7, 11) is 0. The van der Waals surface area contributed by atoms with Crippen LogP contribution in [0.1, 0.15) is 47.3 Å². The number of primary amides is 1. The summed E-state index contributed by atoms with van der Waals surface area (Å²) in [6.07, 6.45) is -10.6. The Labute approximate surface area is 243 Å². The zero-order valence-electron chi connectivity index (χ0n) is 22.9. The van der Waals surface area contributed by atoms with Crippen molar-refractivity contribution in [2.24, 2.45) is 5.73 Å². The number of hydrogen-bond donors (Lipinski definition) is 1. The molecule has 2 N–H and O–H groups in total. The Kier molecular flexibility index (Phi) is 9.19. The highest BCUT2D eigenvalue weighted by molar-refractivity contribution is 5.93. The van der Waals surface area contributed by atoms with Crippen molar-refractivity contribution >= 4 is 12.0 Å². The normalized spacial score (nSPS) is 18.1. The van der Waals surface area contributed by atoms with Crippen molar-refractivity contribution in [2.45, 2.75) is 43.9 Å². The number of ether oxygens (including phenoxy) is 2. The third kappa shape index (κ3) is 7.37. The van der Waals surface area contributed by atoms with Gasteiger partial charge in [0.15, 0.2) is 0 Å². The first-order valence-electron chi connectivity index (χ1n) is 13.1. The molecule has 0 spiro atoms. The van der Waals surface area contributed by atoms with E-state index in [-0.39, 0.29) is 43.4 Å². The minimum absolute atomic E-state index is 0.00116. The molecule has 0 unspecified atom stereocenters. The number of rotatable bonds is 8. The molecule has 12 heteroatoms. The van der Waals surface area contributed by atoms with Gasteiger partial charge < -0.3 is 15.2 Å². The monoisotopic (exact) mass is 606 g/mol. The van der Waals surface area contributed by atoms with Crippen LogP contribution in [-0.2, 0) is 38.8 Å². The molecule has 2 amide bonds. The molecular formula is C31H28F6N2O4. The molecular weight excluding hydrogens is 578 g/mol. The van der Waals surface area contributed by atoms with Gasteiger partial charge in [-0.05, 0) is 48.2 Å². The van der Waals surface area contributed by atoms with E-state index >= 15 is 0 Å². The van der Waals surface area contributed by atoms with E-state index in [1.54, 1.807) is 60.7 Å². The summed E-state index contributed by atoms with van der Waals surface area (Å²) in [5, 5.41) is 0. The van der Waals surface area contributed by atoms with Gasteiger partial charge in [-0.25, -0.2) is 4.79 Å². The van der Waals surface area contributed by atoms with Gasteiger partial charge in [-0.2, -0.15) is 26.3 Å². The van der Waals surface area contributed by atoms with E-state index in [1.807, 2.05) is 0 Å². The summed E-state index contributed by atoms with van der Waals surface area (Å²) >= 11 is 0. The van der Waals surface area contributed by atoms with E-state index < -0.39 is 47.1 Å². The van der Waals surface area contributed by atoms with Gasteiger partial charge in [0.05, 0.1) is 35.9 Å². The molecule has 0 bridgehead atoms. The van der Waals surface area contributed by atoms with Crippen LogP contribution in [0.2, 0.25) is 0 Å². The van der Waals surface area contributed by atoms with Crippen LogP contribution in [0, 0.1) is 0 Å². The Hall–Kier alpha value is -4.32. The summed E-state index contributed by atoms with van der Waals surface area (Å²) in [5.74, 6) is -0.763. The van der Waals surface area contributed by atoms with Crippen molar-refractivity contribution in [3.05, 3.63) is 118 Å². The molecule has 228 valence electrons. The van der Waals surface area contributed by atoms with Crippen LogP contribution < -0.4 is 5.73 Å². The molecule has 0 saturated carbocycles. The predicted molar refractivity (Wildman–Crippen MR) is 144 cm³/mol. The summed E-state index contributed by atoms with van der Waals surface area (Å²) in [6.45, 7) is 0.592. The van der Waals surface area contributed by atoms with Crippen molar-refractivity contribution in [1.29, 1.82) is 0 Å². The summed E-state index contributed by atoms with van der Waals surface area (Å²) < 4.78 is 92.5. The van der Waals surface area contributed by atoms with Gasteiger partial charge in [-0.15, -0.1) is 0 Å². The minimum atomic E-state index is -5.03. The average molecular weight is 607 g/mol. The fourth-order valence-corrected chi connectivity index (χ4v) is 4.82. The molecule has 0 radical (unpaired) electrons. The van der Waals surface area contributed by atoms with Crippen LogP contribution in [-0.4, -0.2) is 30.1 Å². The fraction of sp³-hybridized carbons (Fsp3) is 0.290. The van der Waals surface area contributed by atoms with E-state index in [9.17, 15) is 35.9 Å². The first-order chi connectivity index (χ1) is 20.2. The summed E-state index contributed by atoms with van der Waals surface area (Å²) in [4.78, 5) is 26.9. The summed E-state index contributed by atoms with van der Waals surface area (Å²) in [6, 6.07) is 18.6. The highest BCUT2D eigenvalue weighted by Gasteiger charge is 2.46. The maximum Gasteiger partial charge on any atom is 0.416 e. The molecule has 6 nitrogen and oxygen atoms in total. The SMILES string of the molecule is C[C@@H](OC[C@@]1(c2ccccc2)CC=C(C(N)=O)CN1C(=O)OCc1ccccc1)c1cc(C(F)(F)F)cc(C(F)(F)F)c1. The van der Waals surface area contributed by atoms with Crippen LogP contribution in [0.4, 0.5) is 31.1 Å². The molecule has 1 aliphatic heterocycles. The van der Waals surface area contributed by atoms with E-state index in [0.29, 0.717) is 23.3 Å². The van der Waals surface area contributed by atoms with Crippen LogP contribution >= 0.6 is 0 Å². The molecule has 0 saturated heterocycles. The molecule has 4 rings (SSSR count). The second-order valence-corrected chi connectivity index (χ2v) is 10.1. The molecule has 1 heterocycles. The Morgan fingerprint density at radius 3 is 2.00 bits per heavy atom. The molecule has 3 aromatic carbocycles. The number of hydrogen-bond acceptors (Lipinski definition) is 4. The zero-order valence-corrected chi connectivity index (χ0v) is 22.9. The topological polar surface area (TPSA) is 81.9 Å². The van der Waals surface area contributed by atoms with E-state index in [1.165, 1.54) is 17.9 Å². The minimum Gasteiger partial charge on any atom is -0.445 e. The van der Waals surface area contributed by atoms with Crippen molar-refractivity contribution < 1.29 is 45.4 Å². The molecule has 1 aliphatic rings. The Morgan fingerprint density at radius 2 is 1.47 bits per heavy atom.